The summed E-state index contributed by atoms with van der Waals surface area (Å²) in [4.78, 5) is 25.2. The molecule has 126 valence electrons. The fourth-order valence-electron chi connectivity index (χ4n) is 2.18. The molecule has 1 aromatic rings. The van der Waals surface area contributed by atoms with E-state index in [-0.39, 0.29) is 18.5 Å². The van der Waals surface area contributed by atoms with Gasteiger partial charge in [0.15, 0.2) is 5.78 Å². The summed E-state index contributed by atoms with van der Waals surface area (Å²) in [5.41, 5.74) is 1.62. The number of ketones is 1. The molecule has 6 nitrogen and oxygen atoms in total. The van der Waals surface area contributed by atoms with Crippen molar-refractivity contribution in [2.24, 2.45) is 0 Å². The third-order valence-corrected chi connectivity index (χ3v) is 3.44. The number of methoxy groups -OCH3 is 1. The Kier molecular flexibility index (Phi) is 6.55. The molecule has 1 aromatic carbocycles. The number of carbonyl (C=O) groups is 2. The number of anilines is 1. The fourth-order valence-corrected chi connectivity index (χ4v) is 2.18. The average molecular weight is 321 g/mol. The van der Waals surface area contributed by atoms with Gasteiger partial charge in [-0.15, -0.1) is 0 Å². The Labute approximate surface area is 136 Å². The summed E-state index contributed by atoms with van der Waals surface area (Å²) in [6, 6.07) is 7.32. The molecule has 0 aromatic heterocycles. The summed E-state index contributed by atoms with van der Waals surface area (Å²) >= 11 is 0. The molecule has 23 heavy (non-hydrogen) atoms. The van der Waals surface area contributed by atoms with Crippen LogP contribution in [-0.2, 0) is 25.4 Å². The van der Waals surface area contributed by atoms with E-state index in [4.69, 9.17) is 14.2 Å². The molecule has 0 unspecified atom stereocenters. The molecule has 1 aliphatic heterocycles. The van der Waals surface area contributed by atoms with E-state index < -0.39 is 6.09 Å². The summed E-state index contributed by atoms with van der Waals surface area (Å²) in [5.74, 6) is 0.0439. The minimum atomic E-state index is -0.419. The number of hydrogen-bond donors (Lipinski definition) is 0. The van der Waals surface area contributed by atoms with Crippen molar-refractivity contribution >= 4 is 17.6 Å². The van der Waals surface area contributed by atoms with Crippen molar-refractivity contribution in [3.8, 4) is 0 Å². The number of hydrogen-bond acceptors (Lipinski definition) is 5. The van der Waals surface area contributed by atoms with Crippen LogP contribution in [0.2, 0.25) is 0 Å². The topological polar surface area (TPSA) is 68.4 Å². The van der Waals surface area contributed by atoms with Gasteiger partial charge in [-0.25, -0.2) is 4.79 Å². The fraction of sp³-hybridized carbons (Fsp3) is 0.529. The van der Waals surface area contributed by atoms with E-state index in [1.54, 1.807) is 0 Å². The van der Waals surface area contributed by atoms with Crippen molar-refractivity contribution in [1.82, 2.24) is 0 Å². The van der Waals surface area contributed by atoms with Crippen molar-refractivity contribution < 1.29 is 23.8 Å². The highest BCUT2D eigenvalue weighted by molar-refractivity contribution is 5.88. The standard InChI is InChI=1S/C17H23NO5/c1-3-8-22-11-15(19)9-13-4-6-14(7-5-13)18(17(20)21-2)10-16-12-23-16/h4-7,16H,3,8-12H2,1-2H3/t16-/m0/s1. The minimum Gasteiger partial charge on any atom is -0.452 e. The lowest BCUT2D eigenvalue weighted by molar-refractivity contribution is -0.122. The smallest absolute Gasteiger partial charge is 0.414 e. The third-order valence-electron chi connectivity index (χ3n) is 3.44. The first-order valence-corrected chi connectivity index (χ1v) is 7.79. The second kappa shape index (κ2) is 8.64. The van der Waals surface area contributed by atoms with E-state index in [0.717, 1.165) is 17.7 Å². The van der Waals surface area contributed by atoms with E-state index in [2.05, 4.69) is 0 Å². The van der Waals surface area contributed by atoms with Gasteiger partial charge in [0.2, 0.25) is 0 Å². The van der Waals surface area contributed by atoms with E-state index in [9.17, 15) is 9.59 Å². The number of ether oxygens (including phenoxy) is 3. The van der Waals surface area contributed by atoms with Gasteiger partial charge in [0.1, 0.15) is 6.61 Å². The molecule has 1 aliphatic rings. The molecule has 1 fully saturated rings. The molecule has 0 N–H and O–H groups in total. The van der Waals surface area contributed by atoms with Crippen molar-refractivity contribution in [2.75, 3.05) is 38.4 Å². The summed E-state index contributed by atoms with van der Waals surface area (Å²) in [6.07, 6.45) is 0.882. The van der Waals surface area contributed by atoms with Crippen LogP contribution in [0.15, 0.2) is 24.3 Å². The van der Waals surface area contributed by atoms with E-state index in [1.165, 1.54) is 12.0 Å². The van der Waals surface area contributed by atoms with Gasteiger partial charge >= 0.3 is 6.09 Å². The van der Waals surface area contributed by atoms with Gasteiger partial charge < -0.3 is 14.2 Å². The van der Waals surface area contributed by atoms with Gasteiger partial charge in [0.25, 0.3) is 0 Å². The van der Waals surface area contributed by atoms with Gasteiger partial charge in [-0.2, -0.15) is 0 Å². The van der Waals surface area contributed by atoms with Gasteiger partial charge in [-0.1, -0.05) is 19.1 Å². The third kappa shape index (κ3) is 5.65. The number of rotatable bonds is 9. The summed E-state index contributed by atoms with van der Waals surface area (Å²) in [7, 11) is 1.35. The van der Waals surface area contributed by atoms with Crippen molar-refractivity contribution in [1.29, 1.82) is 0 Å². The predicted octanol–water partition coefficient (Wildman–Crippen LogP) is 2.20. The molecule has 1 atom stereocenters. The van der Waals surface area contributed by atoms with E-state index >= 15 is 0 Å². The molecular weight excluding hydrogens is 298 g/mol. The highest BCUT2D eigenvalue weighted by Crippen LogP contribution is 2.20. The van der Waals surface area contributed by atoms with Crippen LogP contribution in [0.4, 0.5) is 10.5 Å². The lowest BCUT2D eigenvalue weighted by Gasteiger charge is -2.20. The Hall–Kier alpha value is -1.92. The number of benzene rings is 1. The molecular formula is C17H23NO5. The molecule has 0 aliphatic carbocycles. The zero-order chi connectivity index (χ0) is 16.7. The Morgan fingerprint density at radius 2 is 2.00 bits per heavy atom. The Morgan fingerprint density at radius 3 is 2.57 bits per heavy atom. The lowest BCUT2D eigenvalue weighted by atomic mass is 10.1. The molecule has 1 saturated heterocycles. The molecule has 0 saturated carbocycles. The van der Waals surface area contributed by atoms with Gasteiger partial charge in [-0.3, -0.25) is 9.69 Å². The highest BCUT2D eigenvalue weighted by atomic mass is 16.6. The normalized spacial score (nSPS) is 16.0. The average Bonchev–Trinajstić information content (AvgIpc) is 3.37. The van der Waals surface area contributed by atoms with Crippen LogP contribution in [0.1, 0.15) is 18.9 Å². The first-order valence-electron chi connectivity index (χ1n) is 7.79. The molecule has 0 bridgehead atoms. The number of carbonyl (C=O) groups excluding carboxylic acids is 2. The van der Waals surface area contributed by atoms with E-state index in [1.807, 2.05) is 31.2 Å². The summed E-state index contributed by atoms with van der Waals surface area (Å²) in [6.45, 7) is 3.88. The van der Waals surface area contributed by atoms with Crippen LogP contribution < -0.4 is 4.90 Å². The Balaban J connectivity index is 1.93. The monoisotopic (exact) mass is 321 g/mol. The highest BCUT2D eigenvalue weighted by Gasteiger charge is 2.29. The molecule has 1 amide bonds. The zero-order valence-electron chi connectivity index (χ0n) is 13.6. The number of amides is 1. The van der Waals surface area contributed by atoms with E-state index in [0.29, 0.717) is 26.2 Å². The maximum Gasteiger partial charge on any atom is 0.414 e. The first kappa shape index (κ1) is 17.4. The molecule has 2 rings (SSSR count). The van der Waals surface area contributed by atoms with Gasteiger partial charge in [0.05, 0.1) is 26.4 Å². The van der Waals surface area contributed by atoms with Gasteiger partial charge in [0, 0.05) is 18.7 Å². The first-order chi connectivity index (χ1) is 11.1. The second-order valence-electron chi connectivity index (χ2n) is 5.47. The minimum absolute atomic E-state index is 0.0439. The van der Waals surface area contributed by atoms with Gasteiger partial charge in [-0.05, 0) is 24.1 Å². The van der Waals surface area contributed by atoms with Crippen molar-refractivity contribution in [2.45, 2.75) is 25.9 Å². The van der Waals surface area contributed by atoms with Crippen molar-refractivity contribution in [3.63, 3.8) is 0 Å². The van der Waals surface area contributed by atoms with Crippen LogP contribution in [0.3, 0.4) is 0 Å². The molecule has 0 radical (unpaired) electrons. The van der Waals surface area contributed by atoms with Crippen LogP contribution in [0, 0.1) is 0 Å². The second-order valence-corrected chi connectivity index (χ2v) is 5.47. The summed E-state index contributed by atoms with van der Waals surface area (Å²) < 4.78 is 15.2. The Morgan fingerprint density at radius 1 is 1.30 bits per heavy atom. The summed E-state index contributed by atoms with van der Waals surface area (Å²) in [5, 5.41) is 0. The van der Waals surface area contributed by atoms with Crippen LogP contribution in [0.25, 0.3) is 0 Å². The zero-order valence-corrected chi connectivity index (χ0v) is 13.6. The van der Waals surface area contributed by atoms with Crippen LogP contribution >= 0.6 is 0 Å². The van der Waals surface area contributed by atoms with Crippen molar-refractivity contribution in [3.05, 3.63) is 29.8 Å². The number of Topliss-reactive ketones (excluding diaryl/α,β-unsaturated/α-hetero) is 1. The van der Waals surface area contributed by atoms with Crippen LogP contribution in [-0.4, -0.2) is 51.5 Å². The quantitative estimate of drug-likeness (QED) is 0.515. The predicted molar refractivity (Wildman–Crippen MR) is 85.8 cm³/mol. The number of nitrogens with zero attached hydrogens (tertiary/aromatic N) is 1. The van der Waals surface area contributed by atoms with Crippen LogP contribution in [0.5, 0.6) is 0 Å². The maximum absolute atomic E-state index is 11.9. The number of epoxide rings is 1. The SMILES string of the molecule is CCCOCC(=O)Cc1ccc(N(C[C@H]2CO2)C(=O)OC)cc1. The molecule has 6 heteroatoms. The largest absolute Gasteiger partial charge is 0.452 e. The molecule has 0 spiro atoms. The Bertz CT molecular complexity index is 524. The lowest BCUT2D eigenvalue weighted by Crippen LogP contribution is -2.34. The maximum atomic E-state index is 11.9. The molecule has 1 heterocycles.